The Kier molecular flexibility index (Phi) is 4.69. The van der Waals surface area contributed by atoms with E-state index in [1.807, 2.05) is 30.3 Å². The van der Waals surface area contributed by atoms with Gasteiger partial charge in [-0.3, -0.25) is 14.4 Å². The summed E-state index contributed by atoms with van der Waals surface area (Å²) in [6.07, 6.45) is 0.799. The van der Waals surface area contributed by atoms with Crippen molar-refractivity contribution >= 4 is 23.3 Å². The van der Waals surface area contributed by atoms with Crippen LogP contribution >= 0.6 is 0 Å². The smallest absolute Gasteiger partial charge is 0.257 e. The Hall–Kier alpha value is -3.41. The SMILES string of the molecule is Cc1c(-c2ccccc2)oc2c(C(=O)N3CCN(C=O)CC3)cccc2c1=O. The molecule has 1 fully saturated rings. The number of hydrogen-bond donors (Lipinski definition) is 0. The van der Waals surface area contributed by atoms with Gasteiger partial charge in [0.25, 0.3) is 5.91 Å². The van der Waals surface area contributed by atoms with Crippen LogP contribution in [0.4, 0.5) is 0 Å². The summed E-state index contributed by atoms with van der Waals surface area (Å²) in [5.41, 5.74) is 1.84. The van der Waals surface area contributed by atoms with E-state index in [1.165, 1.54) is 0 Å². The third kappa shape index (κ3) is 3.07. The first kappa shape index (κ1) is 18.0. The average molecular weight is 376 g/mol. The highest BCUT2D eigenvalue weighted by atomic mass is 16.3. The molecule has 142 valence electrons. The van der Waals surface area contributed by atoms with Gasteiger partial charge in [0.15, 0.2) is 11.0 Å². The maximum Gasteiger partial charge on any atom is 0.257 e. The average Bonchev–Trinajstić information content (AvgIpc) is 2.76. The lowest BCUT2D eigenvalue weighted by molar-refractivity contribution is -0.119. The minimum atomic E-state index is -0.192. The van der Waals surface area contributed by atoms with E-state index in [-0.39, 0.29) is 11.3 Å². The van der Waals surface area contributed by atoms with Gasteiger partial charge in [-0.1, -0.05) is 36.4 Å². The molecular formula is C22H20N2O4. The van der Waals surface area contributed by atoms with Crippen molar-refractivity contribution in [2.24, 2.45) is 0 Å². The van der Waals surface area contributed by atoms with Crippen LogP contribution in [0.3, 0.4) is 0 Å². The zero-order valence-electron chi connectivity index (χ0n) is 15.6. The summed E-state index contributed by atoms with van der Waals surface area (Å²) in [7, 11) is 0. The maximum atomic E-state index is 13.1. The second kappa shape index (κ2) is 7.31. The molecule has 6 nitrogen and oxygen atoms in total. The zero-order chi connectivity index (χ0) is 19.7. The first-order chi connectivity index (χ1) is 13.6. The fourth-order valence-corrected chi connectivity index (χ4v) is 3.54. The van der Waals surface area contributed by atoms with Crippen molar-refractivity contribution in [3.8, 4) is 11.3 Å². The van der Waals surface area contributed by atoms with Crippen LogP contribution in [0.25, 0.3) is 22.3 Å². The molecule has 0 unspecified atom stereocenters. The lowest BCUT2D eigenvalue weighted by Gasteiger charge is -2.32. The molecule has 1 aliphatic heterocycles. The molecule has 28 heavy (non-hydrogen) atoms. The van der Waals surface area contributed by atoms with Gasteiger partial charge in [0.2, 0.25) is 6.41 Å². The van der Waals surface area contributed by atoms with Crippen molar-refractivity contribution in [3.63, 3.8) is 0 Å². The third-order valence-electron chi connectivity index (χ3n) is 5.16. The van der Waals surface area contributed by atoms with Crippen LogP contribution in [0.15, 0.2) is 57.7 Å². The number of hydrogen-bond acceptors (Lipinski definition) is 4. The Bertz CT molecular complexity index is 1100. The molecule has 0 saturated carbocycles. The van der Waals surface area contributed by atoms with Gasteiger partial charge in [-0.2, -0.15) is 0 Å². The number of carbonyl (C=O) groups is 2. The van der Waals surface area contributed by atoms with Crippen molar-refractivity contribution in [2.45, 2.75) is 6.92 Å². The van der Waals surface area contributed by atoms with E-state index in [9.17, 15) is 14.4 Å². The van der Waals surface area contributed by atoms with E-state index in [4.69, 9.17) is 4.42 Å². The van der Waals surface area contributed by atoms with Crippen molar-refractivity contribution in [3.05, 3.63) is 69.9 Å². The van der Waals surface area contributed by atoms with Gasteiger partial charge in [0.1, 0.15) is 5.76 Å². The molecule has 1 saturated heterocycles. The van der Waals surface area contributed by atoms with Crippen molar-refractivity contribution < 1.29 is 14.0 Å². The summed E-state index contributed by atoms with van der Waals surface area (Å²) in [5, 5.41) is 0.398. The summed E-state index contributed by atoms with van der Waals surface area (Å²) in [5.74, 6) is 0.284. The Morgan fingerprint density at radius 3 is 2.39 bits per heavy atom. The summed E-state index contributed by atoms with van der Waals surface area (Å²) < 4.78 is 6.13. The maximum absolute atomic E-state index is 13.1. The van der Waals surface area contributed by atoms with Gasteiger partial charge in [0.05, 0.1) is 10.9 Å². The standard InChI is InChI=1S/C22H20N2O4/c1-15-19(26)17-8-5-9-18(22(27)24-12-10-23(14-25)11-13-24)21(17)28-20(15)16-6-3-2-4-7-16/h2-9,14H,10-13H2,1H3. The first-order valence-corrected chi connectivity index (χ1v) is 9.20. The Balaban J connectivity index is 1.82. The minimum Gasteiger partial charge on any atom is -0.455 e. The van der Waals surface area contributed by atoms with E-state index in [0.717, 1.165) is 12.0 Å². The normalized spacial score (nSPS) is 14.3. The van der Waals surface area contributed by atoms with Gasteiger partial charge < -0.3 is 14.2 Å². The molecule has 2 heterocycles. The zero-order valence-corrected chi connectivity index (χ0v) is 15.6. The Morgan fingerprint density at radius 2 is 1.71 bits per heavy atom. The van der Waals surface area contributed by atoms with Crippen LogP contribution < -0.4 is 5.43 Å². The molecule has 0 aliphatic carbocycles. The highest BCUT2D eigenvalue weighted by molar-refractivity contribution is 6.05. The number of rotatable bonds is 3. The highest BCUT2D eigenvalue weighted by Gasteiger charge is 2.25. The molecule has 0 spiro atoms. The van der Waals surface area contributed by atoms with Gasteiger partial charge >= 0.3 is 0 Å². The van der Waals surface area contributed by atoms with Crippen molar-refractivity contribution in [1.29, 1.82) is 0 Å². The predicted molar refractivity (Wildman–Crippen MR) is 106 cm³/mol. The van der Waals surface area contributed by atoms with Gasteiger partial charge in [0, 0.05) is 37.3 Å². The first-order valence-electron chi connectivity index (χ1n) is 9.20. The van der Waals surface area contributed by atoms with E-state index in [2.05, 4.69) is 0 Å². The summed E-state index contributed by atoms with van der Waals surface area (Å²) >= 11 is 0. The fraction of sp³-hybridized carbons (Fsp3) is 0.227. The number of amides is 2. The largest absolute Gasteiger partial charge is 0.455 e. The monoisotopic (exact) mass is 376 g/mol. The Morgan fingerprint density at radius 1 is 1.00 bits per heavy atom. The molecule has 1 aromatic heterocycles. The summed E-state index contributed by atoms with van der Waals surface area (Å²) in [6, 6.07) is 14.5. The minimum absolute atomic E-state index is 0.138. The van der Waals surface area contributed by atoms with E-state index >= 15 is 0 Å². The number of carbonyl (C=O) groups excluding carboxylic acids is 2. The van der Waals surface area contributed by atoms with Crippen LogP contribution in [0.2, 0.25) is 0 Å². The number of nitrogens with zero attached hydrogens (tertiary/aromatic N) is 2. The summed E-state index contributed by atoms with van der Waals surface area (Å²) in [6.45, 7) is 3.64. The quantitative estimate of drug-likeness (QED) is 0.659. The lowest BCUT2D eigenvalue weighted by atomic mass is 10.0. The van der Waals surface area contributed by atoms with Gasteiger partial charge in [-0.15, -0.1) is 0 Å². The number of para-hydroxylation sites is 1. The topological polar surface area (TPSA) is 70.8 Å². The molecule has 0 atom stereocenters. The number of piperazine rings is 1. The molecule has 3 aromatic rings. The molecule has 1 aliphatic rings. The second-order valence-corrected chi connectivity index (χ2v) is 6.87. The molecule has 2 amide bonds. The van der Waals surface area contributed by atoms with Gasteiger partial charge in [-0.25, -0.2) is 0 Å². The molecular weight excluding hydrogens is 356 g/mol. The number of fused-ring (bicyclic) bond motifs is 1. The third-order valence-corrected chi connectivity index (χ3v) is 5.16. The van der Waals surface area contributed by atoms with Crippen LogP contribution in [0, 0.1) is 6.92 Å². The van der Waals surface area contributed by atoms with Crippen LogP contribution in [-0.4, -0.2) is 48.3 Å². The van der Waals surface area contributed by atoms with Gasteiger partial charge in [-0.05, 0) is 19.1 Å². The fourth-order valence-electron chi connectivity index (χ4n) is 3.54. The number of benzene rings is 2. The summed E-state index contributed by atoms with van der Waals surface area (Å²) in [4.78, 5) is 40.3. The van der Waals surface area contributed by atoms with E-state index in [1.54, 1.807) is 34.9 Å². The second-order valence-electron chi connectivity index (χ2n) is 6.87. The van der Waals surface area contributed by atoms with Crippen molar-refractivity contribution in [2.75, 3.05) is 26.2 Å². The van der Waals surface area contributed by atoms with Crippen LogP contribution in [-0.2, 0) is 4.79 Å². The molecule has 0 bridgehead atoms. The van der Waals surface area contributed by atoms with Crippen molar-refractivity contribution in [1.82, 2.24) is 9.80 Å². The molecule has 6 heteroatoms. The van der Waals surface area contributed by atoms with Crippen LogP contribution in [0.5, 0.6) is 0 Å². The van der Waals surface area contributed by atoms with Crippen LogP contribution in [0.1, 0.15) is 15.9 Å². The van der Waals surface area contributed by atoms with E-state index < -0.39 is 0 Å². The molecule has 2 aromatic carbocycles. The Labute approximate surface area is 162 Å². The van der Waals surface area contributed by atoms with E-state index in [0.29, 0.717) is 54.0 Å². The lowest BCUT2D eigenvalue weighted by Crippen LogP contribution is -2.48. The molecule has 0 radical (unpaired) electrons. The molecule has 0 N–H and O–H groups in total. The molecule has 4 rings (SSSR count). The highest BCUT2D eigenvalue weighted by Crippen LogP contribution is 2.28. The predicted octanol–water partition coefficient (Wildman–Crippen LogP) is 2.68.